The van der Waals surface area contributed by atoms with Crippen LogP contribution in [0.25, 0.3) is 0 Å². The van der Waals surface area contributed by atoms with Crippen LogP contribution in [0, 0.1) is 29.1 Å². The number of anilines is 1. The van der Waals surface area contributed by atoms with E-state index in [4.69, 9.17) is 0 Å². The molecule has 4 heterocycles. The quantitative estimate of drug-likeness (QED) is 0.204. The third-order valence-corrected chi connectivity index (χ3v) is 9.20. The molecule has 2 unspecified atom stereocenters. The highest BCUT2D eigenvalue weighted by atomic mass is 19.2. The topological polar surface area (TPSA) is 96.9 Å². The summed E-state index contributed by atoms with van der Waals surface area (Å²) in [5, 5.41) is 23.4. The smallest absolute Gasteiger partial charge is 0.173 e. The number of fused-ring (bicyclic) bond motifs is 2. The summed E-state index contributed by atoms with van der Waals surface area (Å²) in [7, 11) is 4.05. The van der Waals surface area contributed by atoms with Gasteiger partial charge in [0.25, 0.3) is 0 Å². The molecule has 0 spiro atoms. The number of tetrazole rings is 2. The molecule has 0 aliphatic carbocycles. The fourth-order valence-corrected chi connectivity index (χ4v) is 6.63. The summed E-state index contributed by atoms with van der Waals surface area (Å²) in [5.41, 5.74) is 3.40. The number of halogens is 5. The van der Waals surface area contributed by atoms with Gasteiger partial charge < -0.3 is 4.90 Å². The molecule has 0 N–H and O–H groups in total. The van der Waals surface area contributed by atoms with E-state index >= 15 is 0 Å². The van der Waals surface area contributed by atoms with Gasteiger partial charge >= 0.3 is 0 Å². The van der Waals surface area contributed by atoms with Crippen molar-refractivity contribution >= 4 is 5.69 Å². The van der Waals surface area contributed by atoms with E-state index in [-0.39, 0.29) is 29.5 Å². The van der Waals surface area contributed by atoms with Gasteiger partial charge in [-0.3, -0.25) is 9.80 Å². The van der Waals surface area contributed by atoms with E-state index in [0.29, 0.717) is 18.9 Å². The molecule has 4 aromatic carbocycles. The van der Waals surface area contributed by atoms with Crippen molar-refractivity contribution in [2.24, 2.45) is 0 Å². The summed E-state index contributed by atoms with van der Waals surface area (Å²) >= 11 is 0. The van der Waals surface area contributed by atoms with E-state index in [2.05, 4.69) is 65.1 Å². The minimum Gasteiger partial charge on any atom is -0.378 e. The van der Waals surface area contributed by atoms with Crippen LogP contribution in [-0.2, 0) is 26.2 Å². The first-order chi connectivity index (χ1) is 25.2. The predicted molar refractivity (Wildman–Crippen MR) is 180 cm³/mol. The van der Waals surface area contributed by atoms with Crippen molar-refractivity contribution in [2.75, 3.05) is 32.1 Å². The lowest BCUT2D eigenvalue weighted by Crippen LogP contribution is -2.39. The van der Waals surface area contributed by atoms with E-state index in [1.165, 1.54) is 28.4 Å². The largest absolute Gasteiger partial charge is 0.378 e. The predicted octanol–water partition coefficient (Wildman–Crippen LogP) is 5.32. The second-order valence-electron chi connectivity index (χ2n) is 12.8. The zero-order valence-electron chi connectivity index (χ0n) is 28.3. The molecule has 2 aromatic heterocycles. The molecule has 2 atom stereocenters. The number of benzene rings is 4. The van der Waals surface area contributed by atoms with Crippen molar-refractivity contribution in [3.05, 3.63) is 148 Å². The minimum atomic E-state index is -0.962. The zero-order chi connectivity index (χ0) is 36.4. The molecule has 52 heavy (non-hydrogen) atoms. The number of nitrogens with zero attached hydrogens (tertiary/aromatic N) is 11. The van der Waals surface area contributed by atoms with Crippen molar-refractivity contribution in [2.45, 2.75) is 38.3 Å². The van der Waals surface area contributed by atoms with Crippen LogP contribution in [0.3, 0.4) is 0 Å². The van der Waals surface area contributed by atoms with Gasteiger partial charge in [-0.25, -0.2) is 31.3 Å². The molecule has 2 aliphatic heterocycles. The van der Waals surface area contributed by atoms with Gasteiger partial charge in [0.05, 0.1) is 19.1 Å². The average molecular weight is 716 g/mol. The summed E-state index contributed by atoms with van der Waals surface area (Å²) in [4.78, 5) is 6.07. The summed E-state index contributed by atoms with van der Waals surface area (Å²) in [6.45, 7) is 3.03. The van der Waals surface area contributed by atoms with Gasteiger partial charge in [-0.05, 0) is 80.5 Å². The number of aromatic nitrogens is 8. The molecule has 0 fully saturated rings. The van der Waals surface area contributed by atoms with Gasteiger partial charge in [0.1, 0.15) is 23.5 Å². The van der Waals surface area contributed by atoms with Crippen molar-refractivity contribution in [1.29, 1.82) is 0 Å². The number of hydrogen-bond donors (Lipinski definition) is 0. The first kappa shape index (κ1) is 34.8. The molecule has 2 aliphatic rings. The molecule has 16 heteroatoms. The Balaban J connectivity index is 0.000000162. The van der Waals surface area contributed by atoms with Crippen LogP contribution in [-0.4, -0.2) is 77.4 Å². The Bertz CT molecular complexity index is 2150. The van der Waals surface area contributed by atoms with Crippen LogP contribution in [0.4, 0.5) is 27.6 Å². The molecule has 8 rings (SSSR count). The molecule has 0 amide bonds. The van der Waals surface area contributed by atoms with Crippen molar-refractivity contribution in [3.8, 4) is 0 Å². The molecule has 268 valence electrons. The van der Waals surface area contributed by atoms with E-state index in [0.717, 1.165) is 61.0 Å². The standard InChI is InChI=1S/C19H21FN6.C17H13F4N5/c1-24(2)17-8-6-14(7-9-17)13-25-10-11-26-19(21-22-23-26)18(25)15-4-3-5-16(20)12-15;18-11-4-5-13(19)12(8-11)16-17-22-23-24-26(17)7-6-25(16)9-10-2-1-3-14(20)15(10)21/h3-9,12,18H,10-11,13H2,1-2H3;1-5,8,16H,6-7,9H2. The molecule has 0 saturated heterocycles. The Labute approximate surface area is 295 Å². The van der Waals surface area contributed by atoms with E-state index in [1.54, 1.807) is 21.7 Å². The van der Waals surface area contributed by atoms with Crippen LogP contribution < -0.4 is 4.90 Å². The van der Waals surface area contributed by atoms with E-state index in [9.17, 15) is 22.0 Å². The maximum absolute atomic E-state index is 14.4. The molecule has 6 aromatic rings. The van der Waals surface area contributed by atoms with Crippen LogP contribution >= 0.6 is 0 Å². The lowest BCUT2D eigenvalue weighted by molar-refractivity contribution is 0.158. The minimum absolute atomic E-state index is 0.00290. The molecule has 0 radical (unpaired) electrons. The van der Waals surface area contributed by atoms with Crippen molar-refractivity contribution in [1.82, 2.24) is 50.2 Å². The Morgan fingerprint density at radius 3 is 1.94 bits per heavy atom. The van der Waals surface area contributed by atoms with Gasteiger partial charge in [-0.15, -0.1) is 10.2 Å². The second kappa shape index (κ2) is 14.9. The van der Waals surface area contributed by atoms with Gasteiger partial charge in [0, 0.05) is 57.1 Å². The maximum Gasteiger partial charge on any atom is 0.173 e. The Morgan fingerprint density at radius 1 is 0.635 bits per heavy atom. The SMILES string of the molecule is CN(C)c1ccc(CN2CCn3nnnc3C2c2cccc(F)c2)cc1.Fc1ccc(F)c(C2c3nnnn3CCN2Cc2cccc(F)c2F)c1. The number of hydrogen-bond acceptors (Lipinski definition) is 9. The van der Waals surface area contributed by atoms with Crippen molar-refractivity contribution < 1.29 is 22.0 Å². The molecular formula is C36H34F5N11. The average Bonchev–Trinajstić information content (AvgIpc) is 3.82. The first-order valence-corrected chi connectivity index (χ1v) is 16.6. The fourth-order valence-electron chi connectivity index (χ4n) is 6.63. The fraction of sp³-hybridized carbons (Fsp3) is 0.278. The Kier molecular flexibility index (Phi) is 10.0. The lowest BCUT2D eigenvalue weighted by atomic mass is 10.0. The lowest BCUT2D eigenvalue weighted by Gasteiger charge is -2.35. The Morgan fingerprint density at radius 2 is 1.27 bits per heavy atom. The van der Waals surface area contributed by atoms with E-state index < -0.39 is 29.3 Å². The molecule has 0 saturated carbocycles. The monoisotopic (exact) mass is 715 g/mol. The zero-order valence-corrected chi connectivity index (χ0v) is 28.3. The summed E-state index contributed by atoms with van der Waals surface area (Å²) in [6, 6.07) is 21.2. The van der Waals surface area contributed by atoms with E-state index in [1.807, 2.05) is 20.2 Å². The van der Waals surface area contributed by atoms with Gasteiger partial charge in [-0.1, -0.05) is 36.4 Å². The normalized spacial score (nSPS) is 17.2. The molecular weight excluding hydrogens is 681 g/mol. The molecule has 11 nitrogen and oxygen atoms in total. The second-order valence-corrected chi connectivity index (χ2v) is 12.8. The van der Waals surface area contributed by atoms with Crippen LogP contribution in [0.2, 0.25) is 0 Å². The van der Waals surface area contributed by atoms with Crippen LogP contribution in [0.15, 0.2) is 84.9 Å². The Hall–Kier alpha value is -5.61. The summed E-state index contributed by atoms with van der Waals surface area (Å²) in [5.74, 6) is -2.33. The highest BCUT2D eigenvalue weighted by Crippen LogP contribution is 2.34. The van der Waals surface area contributed by atoms with Gasteiger partial charge in [-0.2, -0.15) is 0 Å². The summed E-state index contributed by atoms with van der Waals surface area (Å²) < 4.78 is 72.8. The van der Waals surface area contributed by atoms with Crippen molar-refractivity contribution in [3.63, 3.8) is 0 Å². The highest BCUT2D eigenvalue weighted by molar-refractivity contribution is 5.46. The number of rotatable bonds is 7. The highest BCUT2D eigenvalue weighted by Gasteiger charge is 2.35. The third kappa shape index (κ3) is 7.25. The van der Waals surface area contributed by atoms with Crippen LogP contribution in [0.1, 0.15) is 46.0 Å². The van der Waals surface area contributed by atoms with Crippen LogP contribution in [0.5, 0.6) is 0 Å². The summed E-state index contributed by atoms with van der Waals surface area (Å²) in [6.07, 6.45) is 0. The first-order valence-electron chi connectivity index (χ1n) is 16.6. The molecule has 0 bridgehead atoms. The maximum atomic E-state index is 14.4. The van der Waals surface area contributed by atoms with Gasteiger partial charge in [0.2, 0.25) is 0 Å². The third-order valence-electron chi connectivity index (χ3n) is 9.20. The van der Waals surface area contributed by atoms with Gasteiger partial charge in [0.15, 0.2) is 23.3 Å².